The lowest BCUT2D eigenvalue weighted by molar-refractivity contribution is 0.171. The second kappa shape index (κ2) is 13.0. The predicted octanol–water partition coefficient (Wildman–Crippen LogP) is 6.44. The van der Waals surface area contributed by atoms with Crippen LogP contribution in [0.2, 0.25) is 0 Å². The Morgan fingerprint density at radius 3 is 2.50 bits per heavy atom. The molecule has 1 aliphatic carbocycles. The number of amides is 2. The van der Waals surface area contributed by atoms with E-state index in [2.05, 4.69) is 77.5 Å². The molecule has 11 heteroatoms. The molecule has 3 aromatic heterocycles. The molecule has 7 rings (SSSR count). The van der Waals surface area contributed by atoms with E-state index in [9.17, 15) is 4.79 Å². The van der Waals surface area contributed by atoms with Crippen molar-refractivity contribution in [3.63, 3.8) is 0 Å². The smallest absolute Gasteiger partial charge is 0.320 e. The van der Waals surface area contributed by atoms with Crippen molar-refractivity contribution in [2.75, 3.05) is 43.4 Å². The summed E-state index contributed by atoms with van der Waals surface area (Å²) in [4.78, 5) is 18.2. The van der Waals surface area contributed by atoms with Crippen LogP contribution in [0.15, 0.2) is 72.9 Å². The van der Waals surface area contributed by atoms with Crippen molar-refractivity contribution in [1.82, 2.24) is 34.6 Å². The van der Waals surface area contributed by atoms with Gasteiger partial charge in [-0.1, -0.05) is 62.7 Å². The highest BCUT2D eigenvalue weighted by Crippen LogP contribution is 2.39. The van der Waals surface area contributed by atoms with Crippen molar-refractivity contribution in [3.8, 4) is 11.4 Å². The highest BCUT2D eigenvalue weighted by Gasteiger charge is 2.30. The van der Waals surface area contributed by atoms with E-state index in [0.29, 0.717) is 5.82 Å². The molecule has 1 saturated heterocycles. The Morgan fingerprint density at radius 2 is 1.71 bits per heavy atom. The number of ether oxygens (including phenoxy) is 1. The highest BCUT2D eigenvalue weighted by atomic mass is 16.5. The summed E-state index contributed by atoms with van der Waals surface area (Å²) in [6.45, 7) is 12.3. The number of carbonyl (C=O) groups is 1. The summed E-state index contributed by atoms with van der Waals surface area (Å²) >= 11 is 0. The van der Waals surface area contributed by atoms with Gasteiger partial charge in [0.05, 0.1) is 23.6 Å². The van der Waals surface area contributed by atoms with Gasteiger partial charge in [0.25, 0.3) is 0 Å². The first kappa shape index (κ1) is 31.7. The molecule has 2 amide bonds. The van der Waals surface area contributed by atoms with Crippen molar-refractivity contribution in [2.45, 2.75) is 64.5 Å². The van der Waals surface area contributed by atoms with Crippen LogP contribution in [0.4, 0.5) is 16.6 Å². The van der Waals surface area contributed by atoms with Crippen LogP contribution in [0.3, 0.4) is 0 Å². The number of nitrogens with one attached hydrogen (secondary N) is 2. The second-order valence-electron chi connectivity index (χ2n) is 14.1. The number of hydrogen-bond donors (Lipinski definition) is 2. The number of aryl methyl sites for hydroxylation is 1. The molecule has 2 N–H and O–H groups in total. The fraction of sp³-hybridized carbons (Fsp3) is 0.405. The topological polar surface area (TPSA) is 105 Å². The van der Waals surface area contributed by atoms with Crippen molar-refractivity contribution < 1.29 is 9.53 Å². The Kier molecular flexibility index (Phi) is 8.55. The predicted molar refractivity (Wildman–Crippen MR) is 188 cm³/mol. The van der Waals surface area contributed by atoms with Crippen LogP contribution in [0.25, 0.3) is 11.3 Å². The van der Waals surface area contributed by atoms with E-state index in [1.54, 1.807) is 0 Å². The van der Waals surface area contributed by atoms with Gasteiger partial charge in [0.2, 0.25) is 5.95 Å². The SMILES string of the molecule is Cc1ccc(-n2nc(C(C)(C)C)cc2NC(=O)N[C@H]2CC[C@@H](Oc3ccc4nnc(N5CCCN(C)CC5)n4c3)c3ccccc32)cc1. The van der Waals surface area contributed by atoms with E-state index < -0.39 is 0 Å². The van der Waals surface area contributed by atoms with Gasteiger partial charge < -0.3 is 19.9 Å². The van der Waals surface area contributed by atoms with E-state index >= 15 is 0 Å². The third-order valence-electron chi connectivity index (χ3n) is 9.38. The minimum Gasteiger partial charge on any atom is -0.484 e. The maximum Gasteiger partial charge on any atom is 0.320 e. The van der Waals surface area contributed by atoms with Crippen LogP contribution in [0, 0.1) is 6.92 Å². The van der Waals surface area contributed by atoms with Gasteiger partial charge in [-0.15, -0.1) is 10.2 Å². The normalized spacial score (nSPS) is 18.7. The summed E-state index contributed by atoms with van der Waals surface area (Å²) in [5, 5.41) is 20.2. The zero-order valence-electron chi connectivity index (χ0n) is 28.5. The lowest BCUT2D eigenvalue weighted by Crippen LogP contribution is -2.36. The number of benzene rings is 2. The standard InChI is InChI=1S/C37H45N9O2/c1-25-11-13-26(14-12-25)46-34(23-32(42-46)37(2,3)4)39-35(47)38-30-16-17-31(29-10-7-6-9-28(29)30)48-27-15-18-33-40-41-36(45(33)24-27)44-20-8-19-43(5)21-22-44/h6-7,9-15,18,23-24,30-31H,8,16-17,19-22H2,1-5H3,(H2,38,39,47)/t30-,31+/m0/s1. The summed E-state index contributed by atoms with van der Waals surface area (Å²) < 4.78 is 10.5. The molecular weight excluding hydrogens is 602 g/mol. The molecule has 2 aromatic carbocycles. The molecule has 48 heavy (non-hydrogen) atoms. The molecule has 4 heterocycles. The van der Waals surface area contributed by atoms with E-state index in [-0.39, 0.29) is 23.6 Å². The maximum absolute atomic E-state index is 13.5. The molecule has 2 atom stereocenters. The van der Waals surface area contributed by atoms with Crippen LogP contribution in [-0.4, -0.2) is 68.5 Å². The molecule has 1 fully saturated rings. The molecule has 250 valence electrons. The van der Waals surface area contributed by atoms with Gasteiger partial charge in [0.1, 0.15) is 17.7 Å². The van der Waals surface area contributed by atoms with Crippen molar-refractivity contribution in [3.05, 3.63) is 95.3 Å². The van der Waals surface area contributed by atoms with Gasteiger partial charge in [-0.3, -0.25) is 9.72 Å². The lowest BCUT2D eigenvalue weighted by atomic mass is 9.85. The van der Waals surface area contributed by atoms with Crippen LogP contribution in [0.1, 0.15) is 74.6 Å². The molecule has 0 radical (unpaired) electrons. The van der Waals surface area contributed by atoms with Crippen LogP contribution in [-0.2, 0) is 5.41 Å². The third kappa shape index (κ3) is 6.60. The number of likely N-dealkylation sites (N-methyl/N-ethyl adjacent to an activating group) is 1. The number of urea groups is 1. The van der Waals surface area contributed by atoms with Crippen molar-refractivity contribution >= 4 is 23.4 Å². The van der Waals surface area contributed by atoms with Gasteiger partial charge in [-0.2, -0.15) is 5.10 Å². The highest BCUT2D eigenvalue weighted by molar-refractivity contribution is 5.89. The fourth-order valence-electron chi connectivity index (χ4n) is 6.61. The molecule has 0 unspecified atom stereocenters. The fourth-order valence-corrected chi connectivity index (χ4v) is 6.61. The summed E-state index contributed by atoms with van der Waals surface area (Å²) in [7, 11) is 2.16. The zero-order valence-corrected chi connectivity index (χ0v) is 28.5. The van der Waals surface area contributed by atoms with E-state index in [4.69, 9.17) is 9.84 Å². The lowest BCUT2D eigenvalue weighted by Gasteiger charge is -2.32. The summed E-state index contributed by atoms with van der Waals surface area (Å²) in [6.07, 6.45) is 4.43. The van der Waals surface area contributed by atoms with E-state index in [1.165, 1.54) is 0 Å². The Labute approximate surface area is 281 Å². The average molecular weight is 648 g/mol. The third-order valence-corrected chi connectivity index (χ3v) is 9.38. The molecule has 0 saturated carbocycles. The van der Waals surface area contributed by atoms with Crippen LogP contribution in [0.5, 0.6) is 5.75 Å². The van der Waals surface area contributed by atoms with E-state index in [1.807, 2.05) is 69.9 Å². The van der Waals surface area contributed by atoms with Gasteiger partial charge in [-0.05, 0) is 75.2 Å². The maximum atomic E-state index is 13.5. The first-order chi connectivity index (χ1) is 23.1. The number of pyridine rings is 1. The monoisotopic (exact) mass is 647 g/mol. The Hall–Kier alpha value is -4.90. The number of rotatable bonds is 6. The average Bonchev–Trinajstić information content (AvgIpc) is 3.62. The quantitative estimate of drug-likeness (QED) is 0.219. The van der Waals surface area contributed by atoms with E-state index in [0.717, 1.165) is 90.9 Å². The number of hydrogen-bond acceptors (Lipinski definition) is 7. The molecule has 0 bridgehead atoms. The van der Waals surface area contributed by atoms with Gasteiger partial charge >= 0.3 is 6.03 Å². The minimum absolute atomic E-state index is 0.149. The first-order valence-electron chi connectivity index (χ1n) is 16.9. The first-order valence-corrected chi connectivity index (χ1v) is 16.9. The largest absolute Gasteiger partial charge is 0.484 e. The number of carbonyl (C=O) groups excluding carboxylic acids is 1. The second-order valence-corrected chi connectivity index (χ2v) is 14.1. The molecule has 2 aliphatic rings. The molecule has 0 spiro atoms. The van der Waals surface area contributed by atoms with Gasteiger partial charge in [-0.25, -0.2) is 9.48 Å². The number of nitrogens with zero attached hydrogens (tertiary/aromatic N) is 7. The summed E-state index contributed by atoms with van der Waals surface area (Å²) in [6, 6.07) is 21.8. The van der Waals surface area contributed by atoms with Crippen LogP contribution >= 0.6 is 0 Å². The van der Waals surface area contributed by atoms with Crippen LogP contribution < -0.4 is 20.3 Å². The summed E-state index contributed by atoms with van der Waals surface area (Å²) in [5.41, 5.74) is 5.72. The summed E-state index contributed by atoms with van der Waals surface area (Å²) in [5.74, 6) is 2.24. The van der Waals surface area contributed by atoms with Gasteiger partial charge in [0.15, 0.2) is 5.65 Å². The molecule has 5 aromatic rings. The molecular formula is C37H45N9O2. The minimum atomic E-state index is -0.270. The number of aromatic nitrogens is 5. The van der Waals surface area contributed by atoms with Crippen molar-refractivity contribution in [2.24, 2.45) is 0 Å². The molecule has 1 aliphatic heterocycles. The molecule has 11 nitrogen and oxygen atoms in total. The Bertz CT molecular complexity index is 1910. The van der Waals surface area contributed by atoms with Gasteiger partial charge in [0, 0.05) is 31.1 Å². The number of fused-ring (bicyclic) bond motifs is 2. The number of anilines is 2. The Balaban J connectivity index is 1.08. The van der Waals surface area contributed by atoms with Crippen molar-refractivity contribution in [1.29, 1.82) is 0 Å². The zero-order chi connectivity index (χ0) is 33.4. The Morgan fingerprint density at radius 1 is 0.917 bits per heavy atom.